The Bertz CT molecular complexity index is 144. The maximum atomic E-state index is 10.5. The van der Waals surface area contributed by atoms with Gasteiger partial charge in [0.2, 0.25) is 0 Å². The van der Waals surface area contributed by atoms with Gasteiger partial charge in [0, 0.05) is 9.50 Å². The van der Waals surface area contributed by atoms with Gasteiger partial charge in [-0.25, -0.2) is 4.79 Å². The van der Waals surface area contributed by atoms with E-state index in [4.69, 9.17) is 0 Å². The Morgan fingerprint density at radius 2 is 2.10 bits per heavy atom. The van der Waals surface area contributed by atoms with Crippen molar-refractivity contribution >= 4 is 28.6 Å². The highest BCUT2D eigenvalue weighted by atomic mass is 127. The molecule has 0 aromatic carbocycles. The van der Waals surface area contributed by atoms with Crippen molar-refractivity contribution in [1.82, 2.24) is 0 Å². The van der Waals surface area contributed by atoms with E-state index in [0.29, 0.717) is 0 Å². The Morgan fingerprint density at radius 1 is 1.60 bits per heavy atom. The van der Waals surface area contributed by atoms with Gasteiger partial charge in [0.05, 0.1) is 7.11 Å². The van der Waals surface area contributed by atoms with Crippen molar-refractivity contribution in [2.45, 2.75) is 17.3 Å². The molecular weight excluding hydrogens is 243 g/mol. The number of hydrogen-bond acceptors (Lipinski definition) is 2. The van der Waals surface area contributed by atoms with Gasteiger partial charge in [-0.2, -0.15) is 0 Å². The van der Waals surface area contributed by atoms with Crippen LogP contribution in [0.2, 0.25) is 0 Å². The molecule has 0 aliphatic rings. The van der Waals surface area contributed by atoms with Gasteiger partial charge in [-0.15, -0.1) is 0 Å². The Balaban J connectivity index is 3.88. The normalized spacial score (nSPS) is 12.0. The Labute approximate surface area is 74.8 Å². The fourth-order valence-corrected chi connectivity index (χ4v) is 0.514. The van der Waals surface area contributed by atoms with Crippen LogP contribution in [0.15, 0.2) is 12.2 Å². The number of methoxy groups -OCH3 is 1. The number of carbonyl (C=O) groups excluding carboxylic acids is 1. The summed E-state index contributed by atoms with van der Waals surface area (Å²) in [7, 11) is 1.37. The van der Waals surface area contributed by atoms with E-state index in [1.807, 2.05) is 13.8 Å². The molecule has 0 saturated carbocycles. The highest BCUT2D eigenvalue weighted by molar-refractivity contribution is 14.1. The van der Waals surface area contributed by atoms with Crippen LogP contribution in [0.5, 0.6) is 0 Å². The molecule has 58 valence electrons. The summed E-state index contributed by atoms with van der Waals surface area (Å²) >= 11 is 2.23. The van der Waals surface area contributed by atoms with Gasteiger partial charge in [0.1, 0.15) is 0 Å². The molecule has 0 atom stereocenters. The SMILES string of the molecule is COC(=O)C=CC(C)(C)I. The number of ether oxygens (including phenoxy) is 1. The van der Waals surface area contributed by atoms with Crippen LogP contribution in [0.3, 0.4) is 0 Å². The van der Waals surface area contributed by atoms with Crippen molar-refractivity contribution in [2.24, 2.45) is 0 Å². The molecule has 2 nitrogen and oxygen atoms in total. The average Bonchev–Trinajstić information content (AvgIpc) is 1.81. The molecule has 10 heavy (non-hydrogen) atoms. The minimum absolute atomic E-state index is 0.0198. The van der Waals surface area contributed by atoms with Crippen molar-refractivity contribution in [1.29, 1.82) is 0 Å². The zero-order valence-corrected chi connectivity index (χ0v) is 8.51. The lowest BCUT2D eigenvalue weighted by Crippen LogP contribution is -2.05. The standard InChI is InChI=1S/C7H11IO2/c1-7(2,8)5-4-6(9)10-3/h4-5H,1-3H3. The molecule has 0 amide bonds. The van der Waals surface area contributed by atoms with Crippen LogP contribution in [0, 0.1) is 0 Å². The fourth-order valence-electron chi connectivity index (χ4n) is 0.334. The number of rotatable bonds is 2. The number of allylic oxidation sites excluding steroid dienone is 1. The molecule has 0 radical (unpaired) electrons. The average molecular weight is 254 g/mol. The van der Waals surface area contributed by atoms with E-state index in [2.05, 4.69) is 27.3 Å². The van der Waals surface area contributed by atoms with Crippen molar-refractivity contribution in [3.63, 3.8) is 0 Å². The highest BCUT2D eigenvalue weighted by Gasteiger charge is 2.06. The second-order valence-corrected chi connectivity index (χ2v) is 5.20. The quantitative estimate of drug-likeness (QED) is 0.326. The minimum Gasteiger partial charge on any atom is -0.466 e. The minimum atomic E-state index is -0.301. The lowest BCUT2D eigenvalue weighted by atomic mass is 10.2. The summed E-state index contributed by atoms with van der Waals surface area (Å²) in [5, 5.41) is 0. The Hall–Kier alpha value is -0.0600. The van der Waals surface area contributed by atoms with Gasteiger partial charge in [-0.05, 0) is 13.8 Å². The van der Waals surface area contributed by atoms with Crippen molar-refractivity contribution < 1.29 is 9.53 Å². The van der Waals surface area contributed by atoms with Gasteiger partial charge in [0.15, 0.2) is 0 Å². The zero-order chi connectivity index (χ0) is 8.20. The van der Waals surface area contributed by atoms with Gasteiger partial charge < -0.3 is 4.74 Å². The van der Waals surface area contributed by atoms with E-state index >= 15 is 0 Å². The fraction of sp³-hybridized carbons (Fsp3) is 0.571. The first kappa shape index (κ1) is 9.94. The molecule has 0 fully saturated rings. The number of carbonyl (C=O) groups is 1. The third kappa shape index (κ3) is 6.07. The topological polar surface area (TPSA) is 26.3 Å². The largest absolute Gasteiger partial charge is 0.466 e. The van der Waals surface area contributed by atoms with Gasteiger partial charge in [-0.3, -0.25) is 0 Å². The van der Waals surface area contributed by atoms with Gasteiger partial charge in [0.25, 0.3) is 0 Å². The first-order valence-electron chi connectivity index (χ1n) is 2.92. The predicted octanol–water partition coefficient (Wildman–Crippen LogP) is 1.93. The number of alkyl halides is 1. The Morgan fingerprint density at radius 3 is 2.40 bits per heavy atom. The smallest absolute Gasteiger partial charge is 0.330 e. The van der Waals surface area contributed by atoms with Crippen LogP contribution in [-0.2, 0) is 9.53 Å². The monoisotopic (exact) mass is 254 g/mol. The molecule has 0 aromatic heterocycles. The van der Waals surface area contributed by atoms with Crippen molar-refractivity contribution in [2.75, 3.05) is 7.11 Å². The lowest BCUT2D eigenvalue weighted by Gasteiger charge is -2.07. The van der Waals surface area contributed by atoms with E-state index in [1.165, 1.54) is 13.2 Å². The molecule has 0 saturated heterocycles. The van der Waals surface area contributed by atoms with Crippen LogP contribution in [0.1, 0.15) is 13.8 Å². The Kier molecular flexibility index (Phi) is 3.93. The number of hydrogen-bond donors (Lipinski definition) is 0. The second-order valence-electron chi connectivity index (χ2n) is 2.42. The van der Waals surface area contributed by atoms with E-state index in [-0.39, 0.29) is 9.39 Å². The first-order valence-corrected chi connectivity index (χ1v) is 3.99. The third-order valence-corrected chi connectivity index (χ3v) is 1.18. The summed E-state index contributed by atoms with van der Waals surface area (Å²) in [6.45, 7) is 4.01. The van der Waals surface area contributed by atoms with Crippen LogP contribution >= 0.6 is 22.6 Å². The van der Waals surface area contributed by atoms with Crippen molar-refractivity contribution in [3.05, 3.63) is 12.2 Å². The molecule has 3 heteroatoms. The molecule has 0 rings (SSSR count). The molecule has 0 aliphatic heterocycles. The summed E-state index contributed by atoms with van der Waals surface area (Å²) in [6.07, 6.45) is 3.24. The third-order valence-electron chi connectivity index (χ3n) is 0.817. The second kappa shape index (κ2) is 3.95. The summed E-state index contributed by atoms with van der Waals surface area (Å²) in [5.74, 6) is -0.301. The van der Waals surface area contributed by atoms with E-state index < -0.39 is 0 Å². The summed E-state index contributed by atoms with van der Waals surface area (Å²) < 4.78 is 4.44. The molecule has 0 unspecified atom stereocenters. The van der Waals surface area contributed by atoms with E-state index in [1.54, 1.807) is 6.08 Å². The number of esters is 1. The van der Waals surface area contributed by atoms with Gasteiger partial charge in [-0.1, -0.05) is 28.7 Å². The summed E-state index contributed by atoms with van der Waals surface area (Å²) in [6, 6.07) is 0. The van der Waals surface area contributed by atoms with E-state index in [0.717, 1.165) is 0 Å². The molecule has 0 bridgehead atoms. The lowest BCUT2D eigenvalue weighted by molar-refractivity contribution is -0.134. The van der Waals surface area contributed by atoms with Crippen LogP contribution in [-0.4, -0.2) is 16.5 Å². The summed E-state index contributed by atoms with van der Waals surface area (Å²) in [5.41, 5.74) is 0. The molecule has 0 heterocycles. The predicted molar refractivity (Wildman–Crippen MR) is 49.3 cm³/mol. The van der Waals surface area contributed by atoms with Crippen molar-refractivity contribution in [3.8, 4) is 0 Å². The van der Waals surface area contributed by atoms with E-state index in [9.17, 15) is 4.79 Å². The molecule has 0 aliphatic carbocycles. The molecule has 0 aromatic rings. The number of halogens is 1. The maximum absolute atomic E-state index is 10.5. The van der Waals surface area contributed by atoms with Crippen LogP contribution in [0.4, 0.5) is 0 Å². The van der Waals surface area contributed by atoms with Crippen LogP contribution < -0.4 is 0 Å². The van der Waals surface area contributed by atoms with Gasteiger partial charge >= 0.3 is 5.97 Å². The first-order chi connectivity index (χ1) is 4.45. The molecule has 0 spiro atoms. The molecular formula is C7H11IO2. The zero-order valence-electron chi connectivity index (χ0n) is 6.35. The summed E-state index contributed by atoms with van der Waals surface area (Å²) in [4.78, 5) is 10.5. The molecule has 0 N–H and O–H groups in total. The maximum Gasteiger partial charge on any atom is 0.330 e. The van der Waals surface area contributed by atoms with Crippen LogP contribution in [0.25, 0.3) is 0 Å². The highest BCUT2D eigenvalue weighted by Crippen LogP contribution is 2.17.